The predicted molar refractivity (Wildman–Crippen MR) is 156 cm³/mol. The van der Waals surface area contributed by atoms with Gasteiger partial charge < -0.3 is 35.4 Å². The standard InChI is InChI=1S/C31H41N5O6/c1-16(2)11-23(35-28(39)22-13-19-21(34-22)7-6-8-24(19)42-5)30(41)36-14-20-25(31(20,3)4)26(36)29(40)33-18(15-37)12-17-9-10-32-27(17)38/h6-8,13,15-18,20,23,25-26,34H,9-12,14H2,1-5H3,(H,32,38)(H,33,40)(H,35,39)/t17-,18-,20-,23-,25-,26-/m0/s1. The molecule has 226 valence electrons. The van der Waals surface area contributed by atoms with Gasteiger partial charge in [0.2, 0.25) is 17.7 Å². The third-order valence-electron chi connectivity index (χ3n) is 9.35. The van der Waals surface area contributed by atoms with Crippen LogP contribution < -0.4 is 20.7 Å². The van der Waals surface area contributed by atoms with Crippen LogP contribution in [0.2, 0.25) is 0 Å². The van der Waals surface area contributed by atoms with Crippen LogP contribution in [0.1, 0.15) is 57.4 Å². The number of amides is 4. The number of methoxy groups -OCH3 is 1. The number of likely N-dealkylation sites (tertiary alicyclic amines) is 1. The van der Waals surface area contributed by atoms with Gasteiger partial charge in [-0.3, -0.25) is 19.2 Å². The van der Waals surface area contributed by atoms with Gasteiger partial charge in [-0.05, 0) is 60.6 Å². The molecule has 11 heteroatoms. The Labute approximate surface area is 245 Å². The van der Waals surface area contributed by atoms with Gasteiger partial charge in [0.05, 0.1) is 13.2 Å². The van der Waals surface area contributed by atoms with E-state index < -0.39 is 29.9 Å². The number of nitrogens with zero attached hydrogens (tertiary/aromatic N) is 1. The maximum Gasteiger partial charge on any atom is 0.268 e. The van der Waals surface area contributed by atoms with Crippen LogP contribution in [0, 0.1) is 29.1 Å². The molecular weight excluding hydrogens is 538 g/mol. The molecule has 11 nitrogen and oxygen atoms in total. The number of rotatable bonds is 11. The summed E-state index contributed by atoms with van der Waals surface area (Å²) < 4.78 is 5.41. The van der Waals surface area contributed by atoms with Gasteiger partial charge in [-0.25, -0.2) is 0 Å². The quantitative estimate of drug-likeness (QED) is 0.299. The van der Waals surface area contributed by atoms with E-state index in [1.54, 1.807) is 18.1 Å². The van der Waals surface area contributed by atoms with Crippen molar-refractivity contribution in [2.75, 3.05) is 20.2 Å². The lowest BCUT2D eigenvalue weighted by Crippen LogP contribution is -2.57. The number of ether oxygens (including phenoxy) is 1. The van der Waals surface area contributed by atoms with E-state index in [9.17, 15) is 24.0 Å². The fourth-order valence-electron chi connectivity index (χ4n) is 6.96. The molecule has 1 aliphatic carbocycles. The molecule has 42 heavy (non-hydrogen) atoms. The minimum Gasteiger partial charge on any atom is -0.496 e. The van der Waals surface area contributed by atoms with Gasteiger partial charge >= 0.3 is 0 Å². The Morgan fingerprint density at radius 1 is 1.21 bits per heavy atom. The normalized spacial score (nSPS) is 25.5. The van der Waals surface area contributed by atoms with Crippen molar-refractivity contribution in [3.8, 4) is 5.75 Å². The smallest absolute Gasteiger partial charge is 0.268 e. The minimum atomic E-state index is -0.842. The van der Waals surface area contributed by atoms with Gasteiger partial charge in [0, 0.05) is 29.9 Å². The Morgan fingerprint density at radius 2 is 1.98 bits per heavy atom. The molecule has 2 aliphatic heterocycles. The summed E-state index contributed by atoms with van der Waals surface area (Å²) in [5.74, 6) is -0.758. The molecule has 3 heterocycles. The van der Waals surface area contributed by atoms with Crippen LogP contribution in [0.3, 0.4) is 0 Å². The van der Waals surface area contributed by atoms with Crippen LogP contribution in [0.5, 0.6) is 5.75 Å². The van der Waals surface area contributed by atoms with Crippen LogP contribution >= 0.6 is 0 Å². The molecule has 2 aromatic rings. The summed E-state index contributed by atoms with van der Waals surface area (Å²) in [4.78, 5) is 69.8. The summed E-state index contributed by atoms with van der Waals surface area (Å²) in [5.41, 5.74) is 0.922. The summed E-state index contributed by atoms with van der Waals surface area (Å²) >= 11 is 0. The van der Waals surface area contributed by atoms with Crippen LogP contribution in [-0.2, 0) is 19.2 Å². The molecule has 5 rings (SSSR count). The number of fused-ring (bicyclic) bond motifs is 2. The SMILES string of the molecule is COc1cccc2[nH]c(C(=O)N[C@@H](CC(C)C)C(=O)N3C[C@H]4[C@@H]([C@H]3C(=O)N[C@H](C=O)C[C@@H]3CCNC3=O)C4(C)C)cc12. The van der Waals surface area contributed by atoms with Gasteiger partial charge in [0.1, 0.15) is 29.8 Å². The molecule has 0 spiro atoms. The molecule has 4 amide bonds. The number of hydrogen-bond donors (Lipinski definition) is 4. The van der Waals surface area contributed by atoms with Gasteiger partial charge in [-0.2, -0.15) is 0 Å². The van der Waals surface area contributed by atoms with Crippen LogP contribution in [-0.4, -0.2) is 78.1 Å². The molecule has 3 aliphatic rings. The molecular formula is C31H41N5O6. The van der Waals surface area contributed by atoms with Crippen molar-refractivity contribution in [3.63, 3.8) is 0 Å². The second-order valence-electron chi connectivity index (χ2n) is 12.9. The number of piperidine rings is 1. The Morgan fingerprint density at radius 3 is 2.62 bits per heavy atom. The Balaban J connectivity index is 1.34. The fraction of sp³-hybridized carbons (Fsp3) is 0.581. The highest BCUT2D eigenvalue weighted by atomic mass is 16.5. The molecule has 0 bridgehead atoms. The summed E-state index contributed by atoms with van der Waals surface area (Å²) in [6.07, 6.45) is 1.90. The highest BCUT2D eigenvalue weighted by Gasteiger charge is 2.69. The van der Waals surface area contributed by atoms with Crippen LogP contribution in [0.25, 0.3) is 10.9 Å². The van der Waals surface area contributed by atoms with Crippen molar-refractivity contribution >= 4 is 40.8 Å². The zero-order valence-corrected chi connectivity index (χ0v) is 24.9. The Bertz CT molecular complexity index is 1400. The number of aromatic nitrogens is 1. The van der Waals surface area contributed by atoms with E-state index in [1.165, 1.54) is 0 Å². The van der Waals surface area contributed by atoms with Gasteiger partial charge in [-0.15, -0.1) is 0 Å². The van der Waals surface area contributed by atoms with E-state index in [0.717, 1.165) is 10.9 Å². The first kappa shape index (κ1) is 29.6. The number of nitrogens with one attached hydrogen (secondary N) is 4. The summed E-state index contributed by atoms with van der Waals surface area (Å²) in [6, 6.07) is 4.76. The number of hydrogen-bond acceptors (Lipinski definition) is 6. The number of benzene rings is 1. The summed E-state index contributed by atoms with van der Waals surface area (Å²) in [6.45, 7) is 9.08. The van der Waals surface area contributed by atoms with Crippen molar-refractivity contribution < 1.29 is 28.7 Å². The summed E-state index contributed by atoms with van der Waals surface area (Å²) in [7, 11) is 1.57. The fourth-order valence-corrected chi connectivity index (χ4v) is 6.96. The highest BCUT2D eigenvalue weighted by Crippen LogP contribution is 2.65. The van der Waals surface area contributed by atoms with Crippen molar-refractivity contribution in [2.24, 2.45) is 29.1 Å². The first-order valence-corrected chi connectivity index (χ1v) is 14.8. The first-order chi connectivity index (χ1) is 20.0. The third kappa shape index (κ3) is 5.48. The number of carbonyl (C=O) groups is 5. The largest absolute Gasteiger partial charge is 0.496 e. The predicted octanol–water partition coefficient (Wildman–Crippen LogP) is 2.01. The van der Waals surface area contributed by atoms with Crippen molar-refractivity contribution in [1.29, 1.82) is 0 Å². The van der Waals surface area contributed by atoms with Crippen molar-refractivity contribution in [3.05, 3.63) is 30.0 Å². The Hall–Kier alpha value is -3.89. The van der Waals surface area contributed by atoms with Crippen molar-refractivity contribution in [1.82, 2.24) is 25.8 Å². The number of H-pyrrole nitrogens is 1. The molecule has 1 aromatic heterocycles. The van der Waals surface area contributed by atoms with Crippen molar-refractivity contribution in [2.45, 2.75) is 65.1 Å². The van der Waals surface area contributed by atoms with E-state index in [-0.39, 0.29) is 47.3 Å². The van der Waals surface area contributed by atoms with E-state index >= 15 is 0 Å². The van der Waals surface area contributed by atoms with Crippen LogP contribution in [0.4, 0.5) is 0 Å². The number of carbonyl (C=O) groups excluding carboxylic acids is 5. The van der Waals surface area contributed by atoms with E-state index in [0.29, 0.717) is 43.7 Å². The van der Waals surface area contributed by atoms with Gasteiger partial charge in [0.15, 0.2) is 0 Å². The third-order valence-corrected chi connectivity index (χ3v) is 9.35. The molecule has 1 saturated carbocycles. The molecule has 2 saturated heterocycles. The van der Waals surface area contributed by atoms with Gasteiger partial charge in [0.25, 0.3) is 5.91 Å². The monoisotopic (exact) mass is 579 g/mol. The average Bonchev–Trinajstić information content (AvgIpc) is 3.47. The topological polar surface area (TPSA) is 150 Å². The van der Waals surface area contributed by atoms with Gasteiger partial charge in [-0.1, -0.05) is 33.8 Å². The average molecular weight is 580 g/mol. The zero-order valence-electron chi connectivity index (χ0n) is 24.9. The second kappa shape index (κ2) is 11.4. The minimum absolute atomic E-state index is 0.0555. The molecule has 4 N–H and O–H groups in total. The highest BCUT2D eigenvalue weighted by molar-refractivity contribution is 6.02. The lowest BCUT2D eigenvalue weighted by atomic mass is 9.96. The first-order valence-electron chi connectivity index (χ1n) is 14.8. The maximum absolute atomic E-state index is 14.1. The molecule has 1 aromatic carbocycles. The van der Waals surface area contributed by atoms with E-state index in [4.69, 9.17) is 4.74 Å². The lowest BCUT2D eigenvalue weighted by molar-refractivity contribution is -0.142. The second-order valence-corrected chi connectivity index (χ2v) is 12.9. The molecule has 6 atom stereocenters. The Kier molecular flexibility index (Phi) is 8.04. The molecule has 3 fully saturated rings. The number of aldehydes is 1. The lowest BCUT2D eigenvalue weighted by Gasteiger charge is -2.34. The summed E-state index contributed by atoms with van der Waals surface area (Å²) in [5, 5.41) is 9.26. The van der Waals surface area contributed by atoms with E-state index in [1.807, 2.05) is 32.0 Å². The zero-order chi connectivity index (χ0) is 30.3. The molecule has 0 radical (unpaired) electrons. The van der Waals surface area contributed by atoms with Crippen LogP contribution in [0.15, 0.2) is 24.3 Å². The molecule has 0 unspecified atom stereocenters. The van der Waals surface area contributed by atoms with E-state index in [2.05, 4.69) is 34.8 Å². The number of aromatic amines is 1. The maximum atomic E-state index is 14.1.